The maximum atomic E-state index is 3.62. The second kappa shape index (κ2) is 7.02. The van der Waals surface area contributed by atoms with Crippen LogP contribution in [0.2, 0.25) is 0 Å². The zero-order valence-corrected chi connectivity index (χ0v) is 6.33. The van der Waals surface area contributed by atoms with Gasteiger partial charge in [-0.15, -0.1) is 13.2 Å². The molecule has 0 aromatic rings. The summed E-state index contributed by atoms with van der Waals surface area (Å²) < 4.78 is 0. The summed E-state index contributed by atoms with van der Waals surface area (Å²) in [6.07, 6.45) is 0. The van der Waals surface area contributed by atoms with E-state index in [4.69, 9.17) is 0 Å². The molecule has 0 saturated heterocycles. The Balaban J connectivity index is 0. The van der Waals surface area contributed by atoms with E-state index in [0.717, 1.165) is 11.4 Å². The minimum Gasteiger partial charge on any atom is -0.364 e. The van der Waals surface area contributed by atoms with Crippen molar-refractivity contribution in [1.29, 1.82) is 0 Å². The first-order valence-electron chi connectivity index (χ1n) is 2.71. The molecule has 0 aliphatic heterocycles. The number of hydrogen-bond donors (Lipinski definition) is 1. The third-order valence-electron chi connectivity index (χ3n) is 0.427. The first-order chi connectivity index (χ1) is 4.13. The molecule has 0 saturated carbocycles. The van der Waals surface area contributed by atoms with E-state index in [2.05, 4.69) is 31.6 Å². The molecule has 0 bridgehead atoms. The Labute approximate surface area is 57.8 Å². The summed E-state index contributed by atoms with van der Waals surface area (Å²) in [4.78, 5) is 0. The van der Waals surface area contributed by atoms with E-state index in [9.17, 15) is 0 Å². The van der Waals surface area contributed by atoms with Gasteiger partial charge < -0.3 is 5.32 Å². The van der Waals surface area contributed by atoms with Crippen LogP contribution in [0.5, 0.6) is 0 Å². The predicted molar refractivity (Wildman–Crippen MR) is 44.0 cm³/mol. The van der Waals surface area contributed by atoms with E-state index in [1.54, 1.807) is 0 Å². The molecule has 52 valence electrons. The van der Waals surface area contributed by atoms with Crippen molar-refractivity contribution in [3.8, 4) is 0 Å². The van der Waals surface area contributed by atoms with Gasteiger partial charge in [-0.25, -0.2) is 0 Å². The molecule has 0 heterocycles. The summed E-state index contributed by atoms with van der Waals surface area (Å²) in [5.74, 6) is 0. The molecule has 0 fully saturated rings. The van der Waals surface area contributed by atoms with Crippen LogP contribution < -0.4 is 5.32 Å². The van der Waals surface area contributed by atoms with E-state index in [1.807, 2.05) is 13.8 Å². The van der Waals surface area contributed by atoms with Crippen LogP contribution in [0, 0.1) is 0 Å². The van der Waals surface area contributed by atoms with Crippen molar-refractivity contribution in [2.45, 2.75) is 13.8 Å². The standard InChI is InChI=1S/C6H11N.C2H4/c1-5(2)7-6(3)4;1-2/h7H,1,3H2,2,4H3;1-2H2. The molecule has 0 amide bonds. The molecule has 0 aromatic heterocycles. The third-order valence-corrected chi connectivity index (χ3v) is 0.427. The van der Waals surface area contributed by atoms with Gasteiger partial charge in [-0.3, -0.25) is 0 Å². The summed E-state index contributed by atoms with van der Waals surface area (Å²) in [5.41, 5.74) is 1.88. The van der Waals surface area contributed by atoms with Crippen molar-refractivity contribution in [3.05, 3.63) is 37.7 Å². The van der Waals surface area contributed by atoms with Crippen LogP contribution in [0.15, 0.2) is 37.7 Å². The summed E-state index contributed by atoms with van der Waals surface area (Å²) >= 11 is 0. The van der Waals surface area contributed by atoms with Crippen LogP contribution in [0.25, 0.3) is 0 Å². The van der Waals surface area contributed by atoms with Crippen LogP contribution in [0.1, 0.15) is 13.8 Å². The lowest BCUT2D eigenvalue weighted by molar-refractivity contribution is 0.982. The molecule has 0 aliphatic carbocycles. The van der Waals surface area contributed by atoms with Crippen LogP contribution in [0.4, 0.5) is 0 Å². The van der Waals surface area contributed by atoms with E-state index >= 15 is 0 Å². The van der Waals surface area contributed by atoms with Crippen molar-refractivity contribution in [1.82, 2.24) is 5.32 Å². The molecule has 0 aliphatic rings. The second-order valence-corrected chi connectivity index (χ2v) is 1.69. The van der Waals surface area contributed by atoms with Crippen molar-refractivity contribution in [2.75, 3.05) is 0 Å². The highest BCUT2D eigenvalue weighted by atomic mass is 14.9. The number of hydrogen-bond acceptors (Lipinski definition) is 1. The van der Waals surface area contributed by atoms with Crippen LogP contribution in [0.3, 0.4) is 0 Å². The lowest BCUT2D eigenvalue weighted by Crippen LogP contribution is -2.04. The minimum atomic E-state index is 0.938. The summed E-state index contributed by atoms with van der Waals surface area (Å²) in [7, 11) is 0. The second-order valence-electron chi connectivity index (χ2n) is 1.69. The zero-order chi connectivity index (χ0) is 7.86. The van der Waals surface area contributed by atoms with Gasteiger partial charge in [0.25, 0.3) is 0 Å². The third kappa shape index (κ3) is 19.4. The molecule has 0 aromatic carbocycles. The van der Waals surface area contributed by atoms with Crippen molar-refractivity contribution in [2.24, 2.45) is 0 Å². The Bertz CT molecular complexity index is 91.1. The van der Waals surface area contributed by atoms with Gasteiger partial charge in [-0.1, -0.05) is 13.2 Å². The molecular weight excluding hydrogens is 110 g/mol. The Morgan fingerprint density at radius 3 is 1.22 bits per heavy atom. The number of rotatable bonds is 2. The molecule has 1 N–H and O–H groups in total. The predicted octanol–water partition coefficient (Wildman–Crippen LogP) is 2.45. The maximum Gasteiger partial charge on any atom is 0.00441 e. The highest BCUT2D eigenvalue weighted by Crippen LogP contribution is 1.84. The van der Waals surface area contributed by atoms with Crippen LogP contribution in [-0.4, -0.2) is 0 Å². The molecule has 1 nitrogen and oxygen atoms in total. The molecule has 1 heteroatoms. The average molecular weight is 125 g/mol. The van der Waals surface area contributed by atoms with Gasteiger partial charge >= 0.3 is 0 Å². The molecular formula is C8H15N. The quantitative estimate of drug-likeness (QED) is 0.559. The maximum absolute atomic E-state index is 3.62. The van der Waals surface area contributed by atoms with E-state index in [1.165, 1.54) is 0 Å². The smallest absolute Gasteiger partial charge is 0.00441 e. The van der Waals surface area contributed by atoms with Gasteiger partial charge in [0.15, 0.2) is 0 Å². The molecule has 0 radical (unpaired) electrons. The normalized spacial score (nSPS) is 6.44. The Morgan fingerprint density at radius 1 is 1.00 bits per heavy atom. The van der Waals surface area contributed by atoms with Gasteiger partial charge in [0.1, 0.15) is 0 Å². The topological polar surface area (TPSA) is 12.0 Å². The fourth-order valence-corrected chi connectivity index (χ4v) is 0.364. The molecule has 0 unspecified atom stereocenters. The SMILES string of the molecule is C=C.C=C(C)NC(=C)C. The van der Waals surface area contributed by atoms with Gasteiger partial charge in [0.2, 0.25) is 0 Å². The number of allylic oxidation sites excluding steroid dienone is 2. The van der Waals surface area contributed by atoms with Gasteiger partial charge in [-0.2, -0.15) is 0 Å². The van der Waals surface area contributed by atoms with Gasteiger partial charge in [-0.05, 0) is 13.8 Å². The fourth-order valence-electron chi connectivity index (χ4n) is 0.364. The van der Waals surface area contributed by atoms with Crippen molar-refractivity contribution >= 4 is 0 Å². The lowest BCUT2D eigenvalue weighted by Gasteiger charge is -1.99. The highest BCUT2D eigenvalue weighted by molar-refractivity contribution is 4.98. The summed E-state index contributed by atoms with van der Waals surface area (Å²) in [6.45, 7) is 17.0. The fraction of sp³-hybridized carbons (Fsp3) is 0.250. The molecule has 0 spiro atoms. The first-order valence-corrected chi connectivity index (χ1v) is 2.71. The molecule has 9 heavy (non-hydrogen) atoms. The minimum absolute atomic E-state index is 0.938. The Kier molecular flexibility index (Phi) is 8.51. The average Bonchev–Trinajstić information content (AvgIpc) is 1.68. The monoisotopic (exact) mass is 125 g/mol. The first kappa shape index (κ1) is 10.9. The van der Waals surface area contributed by atoms with Gasteiger partial charge in [0.05, 0.1) is 0 Å². The van der Waals surface area contributed by atoms with E-state index in [0.29, 0.717) is 0 Å². The summed E-state index contributed by atoms with van der Waals surface area (Å²) in [6, 6.07) is 0. The molecule has 0 atom stereocenters. The van der Waals surface area contributed by atoms with E-state index < -0.39 is 0 Å². The van der Waals surface area contributed by atoms with Crippen molar-refractivity contribution < 1.29 is 0 Å². The van der Waals surface area contributed by atoms with E-state index in [-0.39, 0.29) is 0 Å². The van der Waals surface area contributed by atoms with Gasteiger partial charge in [0, 0.05) is 11.4 Å². The highest BCUT2D eigenvalue weighted by Gasteiger charge is 1.77. The molecule has 0 rings (SSSR count). The largest absolute Gasteiger partial charge is 0.364 e. The Hall–Kier alpha value is -0.980. The summed E-state index contributed by atoms with van der Waals surface area (Å²) in [5, 5.41) is 2.92. The zero-order valence-electron chi connectivity index (χ0n) is 6.33. The Morgan fingerprint density at radius 2 is 1.22 bits per heavy atom. The van der Waals surface area contributed by atoms with Crippen LogP contribution in [-0.2, 0) is 0 Å². The van der Waals surface area contributed by atoms with Crippen molar-refractivity contribution in [3.63, 3.8) is 0 Å². The number of nitrogens with one attached hydrogen (secondary N) is 1. The lowest BCUT2D eigenvalue weighted by atomic mass is 10.5. The van der Waals surface area contributed by atoms with Crippen LogP contribution >= 0.6 is 0 Å².